The van der Waals surface area contributed by atoms with Crippen LogP contribution in [0.2, 0.25) is 0 Å². The zero-order valence-electron chi connectivity index (χ0n) is 7.72. The Kier molecular flexibility index (Phi) is 5.16. The van der Waals surface area contributed by atoms with E-state index in [2.05, 4.69) is 5.32 Å². The van der Waals surface area contributed by atoms with Crippen LogP contribution >= 0.6 is 11.6 Å². The summed E-state index contributed by atoms with van der Waals surface area (Å²) in [6, 6.07) is 0. The monoisotopic (exact) mass is 205 g/mol. The molecular formula is C9H16ClNO2. The Morgan fingerprint density at radius 3 is 3.08 bits per heavy atom. The normalized spacial score (nSPS) is 22.7. The van der Waals surface area contributed by atoms with Gasteiger partial charge in [0, 0.05) is 25.5 Å². The van der Waals surface area contributed by atoms with E-state index < -0.39 is 0 Å². The summed E-state index contributed by atoms with van der Waals surface area (Å²) in [7, 11) is 0. The number of hydrogen-bond donors (Lipinski definition) is 1. The summed E-state index contributed by atoms with van der Waals surface area (Å²) in [4.78, 5) is 11.0. The molecule has 3 nitrogen and oxygen atoms in total. The first kappa shape index (κ1) is 10.8. The van der Waals surface area contributed by atoms with E-state index >= 15 is 0 Å². The summed E-state index contributed by atoms with van der Waals surface area (Å²) in [6.07, 6.45) is 2.67. The summed E-state index contributed by atoms with van der Waals surface area (Å²) in [5.41, 5.74) is 0. The summed E-state index contributed by atoms with van der Waals surface area (Å²) in [5.74, 6) is 0.932. The molecule has 1 amide bonds. The summed E-state index contributed by atoms with van der Waals surface area (Å²) in [5, 5.41) is 2.85. The highest BCUT2D eigenvalue weighted by Crippen LogP contribution is 2.11. The number of nitrogens with one attached hydrogen (secondary N) is 1. The molecule has 1 unspecified atom stereocenters. The molecule has 1 aliphatic rings. The van der Waals surface area contributed by atoms with Crippen LogP contribution in [0, 0.1) is 5.92 Å². The van der Waals surface area contributed by atoms with Crippen LogP contribution in [0.1, 0.15) is 19.3 Å². The highest BCUT2D eigenvalue weighted by molar-refractivity contribution is 6.18. The van der Waals surface area contributed by atoms with E-state index in [0.717, 1.165) is 32.6 Å². The highest BCUT2D eigenvalue weighted by atomic mass is 35.5. The molecule has 1 heterocycles. The molecule has 1 aliphatic heterocycles. The smallest absolute Gasteiger partial charge is 0.221 e. The van der Waals surface area contributed by atoms with Crippen LogP contribution in [0.5, 0.6) is 0 Å². The van der Waals surface area contributed by atoms with Gasteiger partial charge in [0.15, 0.2) is 0 Å². The Morgan fingerprint density at radius 2 is 2.46 bits per heavy atom. The Hall–Kier alpha value is -0.280. The van der Waals surface area contributed by atoms with Crippen molar-refractivity contribution in [1.29, 1.82) is 0 Å². The lowest BCUT2D eigenvalue weighted by Gasteiger charge is -2.22. The number of carbonyl (C=O) groups is 1. The third-order valence-corrected chi connectivity index (χ3v) is 2.35. The molecule has 0 spiro atoms. The number of ether oxygens (including phenoxy) is 1. The van der Waals surface area contributed by atoms with Crippen LogP contribution < -0.4 is 5.32 Å². The van der Waals surface area contributed by atoms with Gasteiger partial charge in [-0.15, -0.1) is 11.6 Å². The zero-order chi connectivity index (χ0) is 9.52. The van der Waals surface area contributed by atoms with Crippen molar-refractivity contribution in [2.45, 2.75) is 19.3 Å². The topological polar surface area (TPSA) is 38.3 Å². The minimum Gasteiger partial charge on any atom is -0.381 e. The minimum absolute atomic E-state index is 0.0422. The van der Waals surface area contributed by atoms with Gasteiger partial charge in [-0.25, -0.2) is 0 Å². The van der Waals surface area contributed by atoms with Crippen molar-refractivity contribution < 1.29 is 9.53 Å². The van der Waals surface area contributed by atoms with Gasteiger partial charge < -0.3 is 10.1 Å². The first-order valence-electron chi connectivity index (χ1n) is 4.73. The predicted octanol–water partition coefficient (Wildman–Crippen LogP) is 1.16. The van der Waals surface area contributed by atoms with Crippen LogP contribution in [0.4, 0.5) is 0 Å². The molecule has 13 heavy (non-hydrogen) atoms. The van der Waals surface area contributed by atoms with Gasteiger partial charge in [0.25, 0.3) is 0 Å². The maximum atomic E-state index is 11.0. The molecule has 0 bridgehead atoms. The van der Waals surface area contributed by atoms with Crippen molar-refractivity contribution in [3.63, 3.8) is 0 Å². The fourth-order valence-corrected chi connectivity index (χ4v) is 1.57. The molecule has 1 atom stereocenters. The standard InChI is InChI=1S/C9H16ClNO2/c10-4-3-9(12)11-6-8-2-1-5-13-7-8/h8H,1-7H2,(H,11,12). The van der Waals surface area contributed by atoms with Gasteiger partial charge in [-0.3, -0.25) is 4.79 Å². The van der Waals surface area contributed by atoms with Crippen LogP contribution in [-0.2, 0) is 9.53 Å². The van der Waals surface area contributed by atoms with Gasteiger partial charge in [-0.2, -0.15) is 0 Å². The van der Waals surface area contributed by atoms with Crippen molar-refractivity contribution in [1.82, 2.24) is 5.32 Å². The summed E-state index contributed by atoms with van der Waals surface area (Å²) in [6.45, 7) is 2.38. The molecule has 0 aromatic heterocycles. The maximum Gasteiger partial charge on any atom is 0.221 e. The lowest BCUT2D eigenvalue weighted by molar-refractivity contribution is -0.121. The summed E-state index contributed by atoms with van der Waals surface area (Å²) < 4.78 is 5.30. The Labute approximate surface area is 83.8 Å². The Bertz CT molecular complexity index is 158. The van der Waals surface area contributed by atoms with Gasteiger partial charge in [0.2, 0.25) is 5.91 Å². The van der Waals surface area contributed by atoms with Crippen molar-refractivity contribution in [3.8, 4) is 0 Å². The van der Waals surface area contributed by atoms with Gasteiger partial charge in [-0.1, -0.05) is 0 Å². The van der Waals surface area contributed by atoms with E-state index in [9.17, 15) is 4.79 Å². The zero-order valence-corrected chi connectivity index (χ0v) is 8.48. The second kappa shape index (κ2) is 6.22. The fourth-order valence-electron chi connectivity index (χ4n) is 1.40. The number of amides is 1. The van der Waals surface area contributed by atoms with Gasteiger partial charge in [-0.05, 0) is 18.8 Å². The van der Waals surface area contributed by atoms with Crippen molar-refractivity contribution in [2.24, 2.45) is 5.92 Å². The third-order valence-electron chi connectivity index (χ3n) is 2.16. The average Bonchev–Trinajstić information content (AvgIpc) is 2.17. The molecule has 4 heteroatoms. The van der Waals surface area contributed by atoms with Gasteiger partial charge in [0.05, 0.1) is 6.61 Å². The lowest BCUT2D eigenvalue weighted by Crippen LogP contribution is -2.33. The fraction of sp³-hybridized carbons (Fsp3) is 0.889. The second-order valence-corrected chi connectivity index (χ2v) is 3.70. The first-order valence-corrected chi connectivity index (χ1v) is 5.27. The third kappa shape index (κ3) is 4.48. The molecule has 1 rings (SSSR count). The van der Waals surface area contributed by atoms with E-state index in [-0.39, 0.29) is 5.91 Å². The predicted molar refractivity (Wildman–Crippen MR) is 51.9 cm³/mol. The molecule has 0 aromatic rings. The number of hydrogen-bond acceptors (Lipinski definition) is 2. The quantitative estimate of drug-likeness (QED) is 0.700. The number of halogens is 1. The molecule has 76 valence electrons. The van der Waals surface area contributed by atoms with Crippen LogP contribution in [-0.4, -0.2) is 31.5 Å². The molecule has 1 saturated heterocycles. The van der Waals surface area contributed by atoms with Crippen molar-refractivity contribution in [3.05, 3.63) is 0 Å². The van der Waals surface area contributed by atoms with E-state index in [4.69, 9.17) is 16.3 Å². The Balaban J connectivity index is 2.06. The van der Waals surface area contributed by atoms with Gasteiger partial charge in [0.1, 0.15) is 0 Å². The molecule has 0 aliphatic carbocycles. The van der Waals surface area contributed by atoms with Crippen molar-refractivity contribution in [2.75, 3.05) is 25.6 Å². The average molecular weight is 206 g/mol. The first-order chi connectivity index (χ1) is 6.33. The SMILES string of the molecule is O=C(CCCl)NCC1CCCOC1. The van der Waals surface area contributed by atoms with E-state index in [0.29, 0.717) is 18.2 Å². The largest absolute Gasteiger partial charge is 0.381 e. The second-order valence-electron chi connectivity index (χ2n) is 3.33. The number of carbonyl (C=O) groups excluding carboxylic acids is 1. The maximum absolute atomic E-state index is 11.0. The van der Waals surface area contributed by atoms with E-state index in [1.165, 1.54) is 0 Å². The lowest BCUT2D eigenvalue weighted by atomic mass is 10.0. The van der Waals surface area contributed by atoms with Gasteiger partial charge >= 0.3 is 0 Å². The molecule has 0 aromatic carbocycles. The molecule has 1 N–H and O–H groups in total. The van der Waals surface area contributed by atoms with E-state index in [1.807, 2.05) is 0 Å². The summed E-state index contributed by atoms with van der Waals surface area (Å²) >= 11 is 5.43. The molecule has 0 radical (unpaired) electrons. The van der Waals surface area contributed by atoms with Crippen LogP contribution in [0.25, 0.3) is 0 Å². The molecule has 1 fully saturated rings. The highest BCUT2D eigenvalue weighted by Gasteiger charge is 2.14. The number of alkyl halides is 1. The van der Waals surface area contributed by atoms with E-state index in [1.54, 1.807) is 0 Å². The van der Waals surface area contributed by atoms with Crippen LogP contribution in [0.3, 0.4) is 0 Å². The molecule has 0 saturated carbocycles. The van der Waals surface area contributed by atoms with Crippen molar-refractivity contribution >= 4 is 17.5 Å². The van der Waals surface area contributed by atoms with Crippen LogP contribution in [0.15, 0.2) is 0 Å². The number of rotatable bonds is 4. The Morgan fingerprint density at radius 1 is 1.62 bits per heavy atom. The molecular weight excluding hydrogens is 190 g/mol. The minimum atomic E-state index is 0.0422.